The van der Waals surface area contributed by atoms with Crippen molar-refractivity contribution in [1.82, 2.24) is 14.5 Å². The zero-order chi connectivity index (χ0) is 12.7. The second-order valence-corrected chi connectivity index (χ2v) is 5.01. The number of aromatic nitrogens is 3. The Balaban J connectivity index is 2.25. The summed E-state index contributed by atoms with van der Waals surface area (Å²) in [6, 6.07) is 0.532. The molecule has 2 aromatic rings. The third-order valence-electron chi connectivity index (χ3n) is 3.47. The Morgan fingerprint density at radius 1 is 1.44 bits per heavy atom. The van der Waals surface area contributed by atoms with Crippen LogP contribution in [0.2, 0.25) is 0 Å². The highest BCUT2D eigenvalue weighted by Crippen LogP contribution is 2.38. The van der Waals surface area contributed by atoms with E-state index >= 15 is 0 Å². The van der Waals surface area contributed by atoms with Crippen molar-refractivity contribution in [1.29, 1.82) is 0 Å². The van der Waals surface area contributed by atoms with Crippen molar-refractivity contribution >= 4 is 17.3 Å². The van der Waals surface area contributed by atoms with Gasteiger partial charge in [-0.2, -0.15) is 0 Å². The van der Waals surface area contributed by atoms with Gasteiger partial charge >= 0.3 is 0 Å². The molecule has 3 rings (SSSR count). The maximum atomic E-state index is 11.2. The molecule has 0 saturated heterocycles. The predicted molar refractivity (Wildman–Crippen MR) is 69.9 cm³/mol. The average Bonchev–Trinajstić information content (AvgIpc) is 3.11. The van der Waals surface area contributed by atoms with Crippen molar-refractivity contribution in [2.45, 2.75) is 45.6 Å². The lowest BCUT2D eigenvalue weighted by Gasteiger charge is -2.05. The van der Waals surface area contributed by atoms with E-state index in [-0.39, 0.29) is 0 Å². The summed E-state index contributed by atoms with van der Waals surface area (Å²) >= 11 is 0. The molecule has 0 bridgehead atoms. The molecular weight excluding hydrogens is 226 g/mol. The molecule has 0 aromatic carbocycles. The number of carbonyl (C=O) groups is 1. The maximum Gasteiger partial charge on any atom is 0.152 e. The SMILES string of the molecule is CCCc1nc(C)c2c(C=O)cn(C3CC3)c2n1. The van der Waals surface area contributed by atoms with Gasteiger partial charge in [0.25, 0.3) is 0 Å². The van der Waals surface area contributed by atoms with Crippen LogP contribution in [0.15, 0.2) is 6.20 Å². The molecule has 0 N–H and O–H groups in total. The molecule has 1 saturated carbocycles. The van der Waals surface area contributed by atoms with Gasteiger partial charge in [0.1, 0.15) is 11.5 Å². The molecule has 0 amide bonds. The average molecular weight is 243 g/mol. The zero-order valence-electron chi connectivity index (χ0n) is 10.8. The molecule has 0 radical (unpaired) electrons. The lowest BCUT2D eigenvalue weighted by Crippen LogP contribution is -2.01. The molecule has 0 aliphatic heterocycles. The molecule has 0 unspecified atom stereocenters. The molecule has 0 atom stereocenters. The Kier molecular flexibility index (Phi) is 2.65. The molecule has 4 nitrogen and oxygen atoms in total. The number of hydrogen-bond donors (Lipinski definition) is 0. The van der Waals surface area contributed by atoms with Gasteiger partial charge in [-0.1, -0.05) is 6.92 Å². The summed E-state index contributed by atoms with van der Waals surface area (Å²) < 4.78 is 2.16. The van der Waals surface area contributed by atoms with Crippen molar-refractivity contribution in [3.8, 4) is 0 Å². The fraction of sp³-hybridized carbons (Fsp3) is 0.500. The van der Waals surface area contributed by atoms with Crippen LogP contribution in [0.5, 0.6) is 0 Å². The largest absolute Gasteiger partial charge is 0.329 e. The summed E-state index contributed by atoms with van der Waals surface area (Å²) in [5.74, 6) is 0.889. The minimum absolute atomic E-state index is 0.532. The van der Waals surface area contributed by atoms with Crippen LogP contribution in [0.25, 0.3) is 11.0 Å². The predicted octanol–water partition coefficient (Wildman–Crippen LogP) is 2.84. The van der Waals surface area contributed by atoms with Gasteiger partial charge < -0.3 is 4.57 Å². The van der Waals surface area contributed by atoms with E-state index in [1.165, 1.54) is 12.8 Å². The summed E-state index contributed by atoms with van der Waals surface area (Å²) in [6.45, 7) is 4.09. The first-order valence-corrected chi connectivity index (χ1v) is 6.57. The molecule has 1 fully saturated rings. The van der Waals surface area contributed by atoms with E-state index in [1.54, 1.807) is 0 Å². The topological polar surface area (TPSA) is 47.8 Å². The van der Waals surface area contributed by atoms with E-state index in [1.807, 2.05) is 13.1 Å². The monoisotopic (exact) mass is 243 g/mol. The van der Waals surface area contributed by atoms with Crippen LogP contribution in [0.4, 0.5) is 0 Å². The molecule has 1 aliphatic carbocycles. The van der Waals surface area contributed by atoms with Crippen LogP contribution in [0, 0.1) is 6.92 Å². The number of aryl methyl sites for hydroxylation is 2. The Morgan fingerprint density at radius 3 is 2.83 bits per heavy atom. The standard InChI is InChI=1S/C14H17N3O/c1-3-4-12-15-9(2)13-10(8-18)7-17(11-5-6-11)14(13)16-12/h7-8,11H,3-6H2,1-2H3. The molecule has 2 aromatic heterocycles. The van der Waals surface area contributed by atoms with Crippen LogP contribution in [0.3, 0.4) is 0 Å². The van der Waals surface area contributed by atoms with E-state index in [2.05, 4.69) is 21.5 Å². The first-order chi connectivity index (χ1) is 8.74. The van der Waals surface area contributed by atoms with Crippen LogP contribution in [0.1, 0.15) is 54.1 Å². The Hall–Kier alpha value is -1.71. The first kappa shape index (κ1) is 11.4. The van der Waals surface area contributed by atoms with Gasteiger partial charge in [0.15, 0.2) is 6.29 Å². The molecule has 94 valence electrons. The smallest absolute Gasteiger partial charge is 0.152 e. The Labute approximate surface area is 106 Å². The van der Waals surface area contributed by atoms with Crippen LogP contribution in [-0.2, 0) is 6.42 Å². The molecule has 4 heteroatoms. The minimum Gasteiger partial charge on any atom is -0.329 e. The van der Waals surface area contributed by atoms with E-state index in [0.29, 0.717) is 6.04 Å². The van der Waals surface area contributed by atoms with Crippen molar-refractivity contribution in [3.63, 3.8) is 0 Å². The van der Waals surface area contributed by atoms with Gasteiger partial charge in [-0.3, -0.25) is 4.79 Å². The van der Waals surface area contributed by atoms with Gasteiger partial charge in [-0.05, 0) is 26.2 Å². The van der Waals surface area contributed by atoms with Gasteiger partial charge in [-0.25, -0.2) is 9.97 Å². The zero-order valence-corrected chi connectivity index (χ0v) is 10.8. The number of rotatable bonds is 4. The third-order valence-corrected chi connectivity index (χ3v) is 3.47. The highest BCUT2D eigenvalue weighted by atomic mass is 16.1. The third kappa shape index (κ3) is 1.72. The number of nitrogens with zero attached hydrogens (tertiary/aromatic N) is 3. The van der Waals surface area contributed by atoms with E-state index in [4.69, 9.17) is 0 Å². The lowest BCUT2D eigenvalue weighted by atomic mass is 10.2. The molecule has 1 aliphatic rings. The first-order valence-electron chi connectivity index (χ1n) is 6.57. The van der Waals surface area contributed by atoms with Gasteiger partial charge in [0.05, 0.1) is 11.1 Å². The quantitative estimate of drug-likeness (QED) is 0.776. The lowest BCUT2D eigenvalue weighted by molar-refractivity contribution is 0.112. The highest BCUT2D eigenvalue weighted by molar-refractivity contribution is 5.97. The van der Waals surface area contributed by atoms with E-state index in [9.17, 15) is 4.79 Å². The van der Waals surface area contributed by atoms with E-state index in [0.717, 1.165) is 47.2 Å². The molecular formula is C14H17N3O. The second kappa shape index (κ2) is 4.19. The number of carbonyl (C=O) groups excluding carboxylic acids is 1. The van der Waals surface area contributed by atoms with Gasteiger partial charge in [0.2, 0.25) is 0 Å². The summed E-state index contributed by atoms with van der Waals surface area (Å²) in [7, 11) is 0. The second-order valence-electron chi connectivity index (χ2n) is 5.01. The number of aldehydes is 1. The molecule has 18 heavy (non-hydrogen) atoms. The summed E-state index contributed by atoms with van der Waals surface area (Å²) in [5, 5.41) is 0.928. The van der Waals surface area contributed by atoms with Gasteiger partial charge in [-0.15, -0.1) is 0 Å². The van der Waals surface area contributed by atoms with Crippen LogP contribution in [-0.4, -0.2) is 20.8 Å². The Morgan fingerprint density at radius 2 is 2.22 bits per heavy atom. The van der Waals surface area contributed by atoms with Crippen LogP contribution < -0.4 is 0 Å². The van der Waals surface area contributed by atoms with Crippen molar-refractivity contribution in [2.75, 3.05) is 0 Å². The minimum atomic E-state index is 0.532. The number of hydrogen-bond acceptors (Lipinski definition) is 3. The fourth-order valence-corrected chi connectivity index (χ4v) is 2.47. The van der Waals surface area contributed by atoms with Crippen molar-refractivity contribution < 1.29 is 4.79 Å². The van der Waals surface area contributed by atoms with E-state index < -0.39 is 0 Å². The van der Waals surface area contributed by atoms with Crippen molar-refractivity contribution in [3.05, 3.63) is 23.3 Å². The van der Waals surface area contributed by atoms with Gasteiger partial charge in [0, 0.05) is 24.2 Å². The summed E-state index contributed by atoms with van der Waals surface area (Å²) in [4.78, 5) is 20.3. The summed E-state index contributed by atoms with van der Waals surface area (Å²) in [6.07, 6.45) is 7.16. The highest BCUT2D eigenvalue weighted by Gasteiger charge is 2.27. The number of fused-ring (bicyclic) bond motifs is 1. The normalized spacial score (nSPS) is 15.2. The summed E-state index contributed by atoms with van der Waals surface area (Å²) in [5.41, 5.74) is 2.58. The Bertz CT molecular complexity index is 611. The molecule has 2 heterocycles. The molecule has 0 spiro atoms. The van der Waals surface area contributed by atoms with Crippen molar-refractivity contribution in [2.24, 2.45) is 0 Å². The van der Waals surface area contributed by atoms with Crippen LogP contribution >= 0.6 is 0 Å². The fourth-order valence-electron chi connectivity index (χ4n) is 2.47. The maximum absolute atomic E-state index is 11.2.